The fraction of sp³-hybridized carbons (Fsp3) is 0. The summed E-state index contributed by atoms with van der Waals surface area (Å²) in [6.45, 7) is 0. The molecule has 0 saturated heterocycles. The highest BCUT2D eigenvalue weighted by atomic mass is 79.9. The van der Waals surface area contributed by atoms with Crippen molar-refractivity contribution in [1.82, 2.24) is 0 Å². The van der Waals surface area contributed by atoms with Crippen LogP contribution in [0.5, 0.6) is 0 Å². The molecule has 2 aromatic carbocycles. The molecule has 0 unspecified atom stereocenters. The van der Waals surface area contributed by atoms with E-state index in [-0.39, 0.29) is 5.91 Å². The number of halogens is 1. The zero-order valence-electron chi connectivity index (χ0n) is 9.85. The summed E-state index contributed by atoms with van der Waals surface area (Å²) in [4.78, 5) is 12.0. The Labute approximate surface area is 119 Å². The van der Waals surface area contributed by atoms with Crippen LogP contribution in [0.1, 0.15) is 15.9 Å². The normalized spacial score (nSPS) is 9.68. The van der Waals surface area contributed by atoms with Crippen molar-refractivity contribution >= 4 is 33.2 Å². The van der Waals surface area contributed by atoms with Gasteiger partial charge in [0.25, 0.3) is 5.91 Å². The van der Waals surface area contributed by atoms with Gasteiger partial charge in [-0.15, -0.1) is 0 Å². The first-order valence-electron chi connectivity index (χ1n) is 5.46. The third-order valence-electron chi connectivity index (χ3n) is 2.52. The van der Waals surface area contributed by atoms with Gasteiger partial charge in [-0.3, -0.25) is 4.79 Å². The molecule has 19 heavy (non-hydrogen) atoms. The Kier molecular flexibility index (Phi) is 3.83. The maximum absolute atomic E-state index is 12.0. The molecule has 4 nitrogen and oxygen atoms in total. The number of rotatable bonds is 2. The average molecular weight is 316 g/mol. The molecule has 0 fully saturated rings. The summed E-state index contributed by atoms with van der Waals surface area (Å²) in [5, 5.41) is 11.5. The number of hydrogen-bond acceptors (Lipinski definition) is 3. The zero-order chi connectivity index (χ0) is 13.8. The number of amides is 1. The Hall–Kier alpha value is -2.32. The maximum Gasteiger partial charge on any atom is 0.255 e. The van der Waals surface area contributed by atoms with Crippen LogP contribution in [0.4, 0.5) is 11.4 Å². The van der Waals surface area contributed by atoms with Gasteiger partial charge in [-0.1, -0.05) is 0 Å². The number of nitrogen functional groups attached to an aromatic ring is 1. The summed E-state index contributed by atoms with van der Waals surface area (Å²) in [6, 6.07) is 13.7. The lowest BCUT2D eigenvalue weighted by Crippen LogP contribution is -2.12. The Morgan fingerprint density at radius 1 is 1.21 bits per heavy atom. The fourth-order valence-electron chi connectivity index (χ4n) is 1.52. The predicted octanol–water partition coefficient (Wildman–Crippen LogP) is 3.16. The molecule has 1 amide bonds. The van der Waals surface area contributed by atoms with Gasteiger partial charge in [0.05, 0.1) is 17.3 Å². The summed E-state index contributed by atoms with van der Waals surface area (Å²) in [5.74, 6) is -0.231. The molecule has 94 valence electrons. The Balaban J connectivity index is 2.20. The van der Waals surface area contributed by atoms with Gasteiger partial charge in [-0.2, -0.15) is 5.26 Å². The van der Waals surface area contributed by atoms with Gasteiger partial charge in [0.15, 0.2) is 0 Å². The molecule has 0 aliphatic rings. The van der Waals surface area contributed by atoms with Gasteiger partial charge in [0, 0.05) is 15.7 Å². The standard InChI is InChI=1S/C14H10BrN3O/c15-12-7-9(8-16)1-6-13(12)18-14(19)10-2-4-11(17)5-3-10/h1-7H,17H2,(H,18,19). The van der Waals surface area contributed by atoms with Gasteiger partial charge in [0.1, 0.15) is 0 Å². The summed E-state index contributed by atoms with van der Waals surface area (Å²) >= 11 is 3.31. The average Bonchev–Trinajstić information content (AvgIpc) is 2.41. The molecule has 5 heteroatoms. The van der Waals surface area contributed by atoms with E-state index in [9.17, 15) is 4.79 Å². The second kappa shape index (κ2) is 5.55. The first kappa shape index (κ1) is 13.1. The highest BCUT2D eigenvalue weighted by molar-refractivity contribution is 9.10. The molecule has 0 spiro atoms. The van der Waals surface area contributed by atoms with E-state index in [2.05, 4.69) is 21.2 Å². The lowest BCUT2D eigenvalue weighted by atomic mass is 10.2. The number of nitrogens with zero attached hydrogens (tertiary/aromatic N) is 1. The number of hydrogen-bond donors (Lipinski definition) is 2. The molecule has 0 aliphatic heterocycles. The molecular weight excluding hydrogens is 306 g/mol. The Morgan fingerprint density at radius 2 is 1.89 bits per heavy atom. The molecule has 0 atom stereocenters. The monoisotopic (exact) mass is 315 g/mol. The van der Waals surface area contributed by atoms with Crippen LogP contribution in [0.15, 0.2) is 46.9 Å². The lowest BCUT2D eigenvalue weighted by molar-refractivity contribution is 0.102. The molecule has 3 N–H and O–H groups in total. The molecule has 2 rings (SSSR count). The molecule has 0 bridgehead atoms. The van der Waals surface area contributed by atoms with Crippen molar-refractivity contribution in [1.29, 1.82) is 5.26 Å². The minimum Gasteiger partial charge on any atom is -0.399 e. The first-order chi connectivity index (χ1) is 9.10. The minimum atomic E-state index is -0.231. The van der Waals surface area contributed by atoms with E-state index in [4.69, 9.17) is 11.0 Å². The number of nitrogens with one attached hydrogen (secondary N) is 1. The van der Waals surface area contributed by atoms with Crippen LogP contribution in [0.2, 0.25) is 0 Å². The maximum atomic E-state index is 12.0. The summed E-state index contributed by atoms with van der Waals surface area (Å²) in [6.07, 6.45) is 0. The molecule has 0 aliphatic carbocycles. The second-order valence-electron chi connectivity index (χ2n) is 3.88. The highest BCUT2D eigenvalue weighted by Crippen LogP contribution is 2.24. The van der Waals surface area contributed by atoms with Crippen LogP contribution >= 0.6 is 15.9 Å². The van der Waals surface area contributed by atoms with Gasteiger partial charge in [0.2, 0.25) is 0 Å². The molecule has 0 radical (unpaired) electrons. The third kappa shape index (κ3) is 3.12. The Morgan fingerprint density at radius 3 is 2.47 bits per heavy atom. The van der Waals surface area contributed by atoms with E-state index in [1.807, 2.05) is 6.07 Å². The number of carbonyl (C=O) groups is 1. The summed E-state index contributed by atoms with van der Waals surface area (Å²) in [7, 11) is 0. The highest BCUT2D eigenvalue weighted by Gasteiger charge is 2.08. The second-order valence-corrected chi connectivity index (χ2v) is 4.74. The molecule has 0 heterocycles. The van der Waals surface area contributed by atoms with Crippen LogP contribution < -0.4 is 11.1 Å². The summed E-state index contributed by atoms with van der Waals surface area (Å²) in [5.41, 5.74) is 7.83. The van der Waals surface area contributed by atoms with Gasteiger partial charge < -0.3 is 11.1 Å². The SMILES string of the molecule is N#Cc1ccc(NC(=O)c2ccc(N)cc2)c(Br)c1. The zero-order valence-corrected chi connectivity index (χ0v) is 11.4. The predicted molar refractivity (Wildman–Crippen MR) is 77.7 cm³/mol. The van der Waals surface area contributed by atoms with Crippen molar-refractivity contribution in [3.05, 3.63) is 58.1 Å². The van der Waals surface area contributed by atoms with Crippen molar-refractivity contribution in [3.63, 3.8) is 0 Å². The molecule has 0 aromatic heterocycles. The van der Waals surface area contributed by atoms with Crippen molar-refractivity contribution in [3.8, 4) is 6.07 Å². The fourth-order valence-corrected chi connectivity index (χ4v) is 1.99. The van der Waals surface area contributed by atoms with Gasteiger partial charge in [-0.25, -0.2) is 0 Å². The van der Waals surface area contributed by atoms with E-state index in [1.165, 1.54) is 0 Å². The first-order valence-corrected chi connectivity index (χ1v) is 6.26. The third-order valence-corrected chi connectivity index (χ3v) is 3.18. The van der Waals surface area contributed by atoms with E-state index >= 15 is 0 Å². The van der Waals surface area contributed by atoms with Gasteiger partial charge >= 0.3 is 0 Å². The number of anilines is 2. The lowest BCUT2D eigenvalue weighted by Gasteiger charge is -2.07. The Bertz CT molecular complexity index is 659. The smallest absolute Gasteiger partial charge is 0.255 e. The van der Waals surface area contributed by atoms with Crippen molar-refractivity contribution in [2.24, 2.45) is 0 Å². The van der Waals surface area contributed by atoms with Crippen molar-refractivity contribution in [2.75, 3.05) is 11.1 Å². The number of nitriles is 1. The number of nitrogens with two attached hydrogens (primary N) is 1. The largest absolute Gasteiger partial charge is 0.399 e. The molecular formula is C14H10BrN3O. The van der Waals surface area contributed by atoms with E-state index in [0.29, 0.717) is 27.0 Å². The summed E-state index contributed by atoms with van der Waals surface area (Å²) < 4.78 is 0.662. The minimum absolute atomic E-state index is 0.231. The van der Waals surface area contributed by atoms with Crippen molar-refractivity contribution in [2.45, 2.75) is 0 Å². The van der Waals surface area contributed by atoms with Crippen LogP contribution in [0.3, 0.4) is 0 Å². The topological polar surface area (TPSA) is 78.9 Å². The van der Waals surface area contributed by atoms with Crippen LogP contribution in [0.25, 0.3) is 0 Å². The molecule has 2 aromatic rings. The van der Waals surface area contributed by atoms with Crippen LogP contribution in [0, 0.1) is 11.3 Å². The van der Waals surface area contributed by atoms with E-state index < -0.39 is 0 Å². The van der Waals surface area contributed by atoms with Crippen LogP contribution in [-0.2, 0) is 0 Å². The quantitative estimate of drug-likeness (QED) is 0.835. The number of carbonyl (C=O) groups excluding carboxylic acids is 1. The van der Waals surface area contributed by atoms with E-state index in [0.717, 1.165) is 0 Å². The van der Waals surface area contributed by atoms with Crippen LogP contribution in [-0.4, -0.2) is 5.91 Å². The van der Waals surface area contributed by atoms with Gasteiger partial charge in [-0.05, 0) is 58.4 Å². The molecule has 0 saturated carbocycles. The van der Waals surface area contributed by atoms with E-state index in [1.54, 1.807) is 42.5 Å². The number of benzene rings is 2. The van der Waals surface area contributed by atoms with Crippen molar-refractivity contribution < 1.29 is 4.79 Å².